The van der Waals surface area contributed by atoms with Crippen LogP contribution in [-0.4, -0.2) is 29.1 Å². The van der Waals surface area contributed by atoms with Gasteiger partial charge in [-0.05, 0) is 116 Å². The number of aromatic nitrogens is 6. The van der Waals surface area contributed by atoms with Gasteiger partial charge in [0.15, 0.2) is 0 Å². The molecule has 0 saturated heterocycles. The lowest BCUT2D eigenvalue weighted by Gasteiger charge is -2.21. The first-order chi connectivity index (χ1) is 27.3. The van der Waals surface area contributed by atoms with Crippen LogP contribution in [0, 0.1) is 0 Å². The van der Waals surface area contributed by atoms with Gasteiger partial charge in [-0.3, -0.25) is 9.13 Å². The van der Waals surface area contributed by atoms with Crippen molar-refractivity contribution in [2.45, 2.75) is 38.5 Å². The zero-order valence-electron chi connectivity index (χ0n) is 31.5. The Balaban J connectivity index is 1.11. The highest BCUT2D eigenvalue weighted by Crippen LogP contribution is 2.53. The highest BCUT2D eigenvalue weighted by molar-refractivity contribution is 6.14. The number of fused-ring (bicyclic) bond motifs is 12. The monoisotopic (exact) mass is 720 g/mol. The average molecular weight is 721 g/mol. The molecule has 0 amide bonds. The van der Waals surface area contributed by atoms with Crippen LogP contribution in [0.5, 0.6) is 0 Å². The number of benzene rings is 6. The van der Waals surface area contributed by atoms with Gasteiger partial charge in [0, 0.05) is 57.2 Å². The zero-order chi connectivity index (χ0) is 37.5. The van der Waals surface area contributed by atoms with E-state index in [9.17, 15) is 0 Å². The van der Waals surface area contributed by atoms with E-state index in [1.807, 2.05) is 36.9 Å². The van der Waals surface area contributed by atoms with Crippen molar-refractivity contribution >= 4 is 43.6 Å². The number of hydrogen-bond acceptors (Lipinski definition) is 4. The highest BCUT2D eigenvalue weighted by atomic mass is 15.2. The second kappa shape index (κ2) is 10.9. The van der Waals surface area contributed by atoms with E-state index in [0.29, 0.717) is 11.9 Å². The molecule has 0 unspecified atom stereocenters. The van der Waals surface area contributed by atoms with Crippen LogP contribution in [0.15, 0.2) is 146 Å². The van der Waals surface area contributed by atoms with Crippen molar-refractivity contribution < 1.29 is 0 Å². The quantitative estimate of drug-likeness (QED) is 0.182. The molecule has 0 spiro atoms. The summed E-state index contributed by atoms with van der Waals surface area (Å²) in [5.74, 6) is 1.34. The van der Waals surface area contributed by atoms with Gasteiger partial charge in [-0.25, -0.2) is 19.9 Å². The lowest BCUT2D eigenvalue weighted by Crippen LogP contribution is -2.15. The lowest BCUT2D eigenvalue weighted by molar-refractivity contribution is 0.660. The predicted molar refractivity (Wildman–Crippen MR) is 227 cm³/mol. The fraction of sp³-hybridized carbons (Fsp3) is 0.120. The third-order valence-electron chi connectivity index (χ3n) is 12.8. The predicted octanol–water partition coefficient (Wildman–Crippen LogP) is 11.7. The van der Waals surface area contributed by atoms with E-state index < -0.39 is 0 Å². The Hall–Kier alpha value is -6.92. The van der Waals surface area contributed by atoms with Crippen LogP contribution in [-0.2, 0) is 10.8 Å². The summed E-state index contributed by atoms with van der Waals surface area (Å²) in [6.07, 6.45) is 7.29. The number of hydrogen-bond donors (Lipinski definition) is 0. The maximum Gasteiger partial charge on any atom is 0.234 e. The molecule has 2 aliphatic carbocycles. The maximum absolute atomic E-state index is 4.75. The summed E-state index contributed by atoms with van der Waals surface area (Å²) in [5, 5.41) is 4.73. The van der Waals surface area contributed by atoms with Crippen molar-refractivity contribution in [3.05, 3.63) is 168 Å². The third kappa shape index (κ3) is 4.05. The van der Waals surface area contributed by atoms with Crippen LogP contribution >= 0.6 is 0 Å². The summed E-state index contributed by atoms with van der Waals surface area (Å²) in [6, 6.07) is 44.7. The molecule has 6 nitrogen and oxygen atoms in total. The zero-order valence-corrected chi connectivity index (χ0v) is 31.5. The Morgan fingerprint density at radius 1 is 0.357 bits per heavy atom. The van der Waals surface area contributed by atoms with Crippen LogP contribution in [0.3, 0.4) is 0 Å². The standard InChI is InChI=1S/C50H36N6/c1-49(2)39-13-7-5-11-31(39)33-25-37-35-23-29(15-17-43(35)55(45(37)27-41(33)49)47-51-19-9-20-52-47)30-16-18-44-36(24-30)38-26-34-32-12-6-8-14-40(32)50(3,4)42(34)28-46(38)56(44)48-53-21-10-22-54-48/h5-28H,1-4H3. The van der Waals surface area contributed by atoms with Gasteiger partial charge >= 0.3 is 0 Å². The Kier molecular flexibility index (Phi) is 6.09. The number of rotatable bonds is 3. The average Bonchev–Trinajstić information content (AvgIpc) is 3.88. The van der Waals surface area contributed by atoms with Gasteiger partial charge in [-0.2, -0.15) is 0 Å². The maximum atomic E-state index is 4.75. The second-order valence-electron chi connectivity index (χ2n) is 16.4. The van der Waals surface area contributed by atoms with E-state index in [2.05, 4.69) is 146 Å². The molecule has 4 heterocycles. The van der Waals surface area contributed by atoms with Crippen LogP contribution in [0.1, 0.15) is 49.9 Å². The van der Waals surface area contributed by atoms with E-state index in [1.54, 1.807) is 0 Å². The molecule has 4 aromatic heterocycles. The first-order valence-corrected chi connectivity index (χ1v) is 19.3. The van der Waals surface area contributed by atoms with Crippen molar-refractivity contribution in [1.82, 2.24) is 29.1 Å². The highest BCUT2D eigenvalue weighted by Gasteiger charge is 2.37. The van der Waals surface area contributed by atoms with Crippen LogP contribution in [0.2, 0.25) is 0 Å². The van der Waals surface area contributed by atoms with E-state index in [0.717, 1.165) is 33.2 Å². The SMILES string of the molecule is CC1(C)c2ccccc2-c2cc3c4cc(-c5ccc6c(c5)c5cc7c(cc5n6-c5ncccn5)C(C)(C)c5ccccc5-7)ccc4n(-c4ncccn4)c3cc21. The molecular formula is C50H36N6. The molecule has 0 bridgehead atoms. The Bertz CT molecular complexity index is 3070. The lowest BCUT2D eigenvalue weighted by atomic mass is 9.82. The largest absolute Gasteiger partial charge is 0.278 e. The molecule has 0 atom stereocenters. The molecule has 0 N–H and O–H groups in total. The minimum atomic E-state index is -0.124. The second-order valence-corrected chi connectivity index (χ2v) is 16.4. The molecule has 0 saturated carbocycles. The van der Waals surface area contributed by atoms with Gasteiger partial charge in [0.25, 0.3) is 0 Å². The Morgan fingerprint density at radius 2 is 0.750 bits per heavy atom. The van der Waals surface area contributed by atoms with Crippen LogP contribution in [0.4, 0.5) is 0 Å². The normalized spacial score (nSPS) is 14.7. The minimum Gasteiger partial charge on any atom is -0.278 e. The topological polar surface area (TPSA) is 61.4 Å². The van der Waals surface area contributed by atoms with Gasteiger partial charge in [-0.15, -0.1) is 0 Å². The van der Waals surface area contributed by atoms with Crippen molar-refractivity contribution in [3.63, 3.8) is 0 Å². The van der Waals surface area contributed by atoms with E-state index in [4.69, 9.17) is 19.9 Å². The molecule has 56 heavy (non-hydrogen) atoms. The molecule has 0 aliphatic heterocycles. The van der Waals surface area contributed by atoms with Gasteiger partial charge in [0.05, 0.1) is 22.1 Å². The molecule has 12 rings (SSSR count). The molecule has 0 fully saturated rings. The minimum absolute atomic E-state index is 0.124. The van der Waals surface area contributed by atoms with Gasteiger partial charge in [-0.1, -0.05) is 88.4 Å². The first kappa shape index (κ1) is 31.4. The van der Waals surface area contributed by atoms with E-state index in [-0.39, 0.29) is 10.8 Å². The molecule has 266 valence electrons. The Labute approximate surface area is 323 Å². The number of nitrogens with zero attached hydrogens (tertiary/aromatic N) is 6. The first-order valence-electron chi connectivity index (χ1n) is 19.3. The van der Waals surface area contributed by atoms with E-state index in [1.165, 1.54) is 66.1 Å². The molecule has 6 aromatic carbocycles. The molecular weight excluding hydrogens is 685 g/mol. The molecule has 10 aromatic rings. The van der Waals surface area contributed by atoms with Crippen molar-refractivity contribution in [2.75, 3.05) is 0 Å². The molecule has 6 heteroatoms. The summed E-state index contributed by atoms with van der Waals surface area (Å²) < 4.78 is 4.45. The van der Waals surface area contributed by atoms with Gasteiger partial charge in [0.2, 0.25) is 11.9 Å². The van der Waals surface area contributed by atoms with Crippen LogP contribution < -0.4 is 0 Å². The van der Waals surface area contributed by atoms with E-state index >= 15 is 0 Å². The fourth-order valence-electron chi connectivity index (χ4n) is 10.0. The Morgan fingerprint density at radius 3 is 1.18 bits per heavy atom. The molecule has 0 radical (unpaired) electrons. The summed E-state index contributed by atoms with van der Waals surface area (Å²) in [7, 11) is 0. The van der Waals surface area contributed by atoms with Gasteiger partial charge in [0.1, 0.15) is 0 Å². The summed E-state index contributed by atoms with van der Waals surface area (Å²) in [6.45, 7) is 9.33. The smallest absolute Gasteiger partial charge is 0.234 e. The summed E-state index contributed by atoms with van der Waals surface area (Å²) in [4.78, 5) is 19.0. The van der Waals surface area contributed by atoms with Crippen molar-refractivity contribution in [2.24, 2.45) is 0 Å². The van der Waals surface area contributed by atoms with Crippen molar-refractivity contribution in [3.8, 4) is 45.3 Å². The molecule has 2 aliphatic rings. The van der Waals surface area contributed by atoms with Gasteiger partial charge < -0.3 is 0 Å². The third-order valence-corrected chi connectivity index (χ3v) is 12.8. The summed E-state index contributed by atoms with van der Waals surface area (Å²) in [5.41, 5.74) is 17.0. The van der Waals surface area contributed by atoms with Crippen LogP contribution in [0.25, 0.3) is 88.9 Å². The fourth-order valence-corrected chi connectivity index (χ4v) is 10.0. The summed E-state index contributed by atoms with van der Waals surface area (Å²) >= 11 is 0. The van der Waals surface area contributed by atoms with Crippen molar-refractivity contribution in [1.29, 1.82) is 0 Å².